The van der Waals surface area contributed by atoms with Gasteiger partial charge in [-0.3, -0.25) is 0 Å². The molecular formula is C10H12F3NO. The van der Waals surface area contributed by atoms with Gasteiger partial charge in [0.05, 0.1) is 12.2 Å². The minimum absolute atomic E-state index is 0.153. The fourth-order valence-corrected chi connectivity index (χ4v) is 1.28. The molecule has 0 radical (unpaired) electrons. The lowest BCUT2D eigenvalue weighted by Crippen LogP contribution is -2.31. The molecule has 0 aliphatic rings. The predicted molar refractivity (Wildman–Crippen MR) is 51.0 cm³/mol. The average Bonchev–Trinajstić information content (AvgIpc) is 2.54. The van der Waals surface area contributed by atoms with Crippen LogP contribution in [0.3, 0.4) is 0 Å². The van der Waals surface area contributed by atoms with Crippen LogP contribution >= 0.6 is 0 Å². The van der Waals surface area contributed by atoms with Gasteiger partial charge < -0.3 is 10.2 Å². The quantitative estimate of drug-likeness (QED) is 0.848. The van der Waals surface area contributed by atoms with Crippen molar-refractivity contribution >= 4 is 6.08 Å². The van der Waals surface area contributed by atoms with Crippen molar-refractivity contribution in [2.75, 3.05) is 6.54 Å². The van der Waals surface area contributed by atoms with Gasteiger partial charge in [-0.15, -0.1) is 0 Å². The molecule has 0 bridgehead atoms. The van der Waals surface area contributed by atoms with Crippen LogP contribution in [-0.2, 0) is 0 Å². The Hall–Kier alpha value is -1.23. The molecule has 2 N–H and O–H groups in total. The largest absolute Gasteiger partial charge is 0.465 e. The van der Waals surface area contributed by atoms with Gasteiger partial charge in [0.1, 0.15) is 5.76 Å². The SMILES string of the molecule is C/C(=C\c1ccco1)C(CN)C(F)(F)F. The molecule has 2 nitrogen and oxygen atoms in total. The number of nitrogens with two attached hydrogens (primary N) is 1. The number of alkyl halides is 3. The highest BCUT2D eigenvalue weighted by atomic mass is 19.4. The second-order valence-electron chi connectivity index (χ2n) is 3.23. The maximum absolute atomic E-state index is 12.4. The van der Waals surface area contributed by atoms with Gasteiger partial charge >= 0.3 is 6.18 Å². The molecule has 0 spiro atoms. The summed E-state index contributed by atoms with van der Waals surface area (Å²) in [5.41, 5.74) is 5.25. The fourth-order valence-electron chi connectivity index (χ4n) is 1.28. The van der Waals surface area contributed by atoms with Gasteiger partial charge in [0, 0.05) is 6.54 Å². The van der Waals surface area contributed by atoms with Crippen molar-refractivity contribution in [1.29, 1.82) is 0 Å². The first-order valence-corrected chi connectivity index (χ1v) is 4.43. The third-order valence-electron chi connectivity index (χ3n) is 2.09. The smallest absolute Gasteiger partial charge is 0.396 e. The minimum Gasteiger partial charge on any atom is -0.465 e. The second-order valence-corrected chi connectivity index (χ2v) is 3.23. The molecule has 1 aromatic heterocycles. The minimum atomic E-state index is -4.30. The van der Waals surface area contributed by atoms with Crippen molar-refractivity contribution in [3.63, 3.8) is 0 Å². The standard InChI is InChI=1S/C10H12F3NO/c1-7(5-8-3-2-4-15-8)9(6-14)10(11,12)13/h2-5,9H,6,14H2,1H3/b7-5+. The first-order chi connectivity index (χ1) is 6.95. The van der Waals surface area contributed by atoms with Crippen molar-refractivity contribution in [3.05, 3.63) is 29.7 Å². The Bertz CT molecular complexity index is 327. The van der Waals surface area contributed by atoms with Crippen LogP contribution in [0.1, 0.15) is 12.7 Å². The molecule has 84 valence electrons. The number of hydrogen-bond acceptors (Lipinski definition) is 2. The Morgan fingerprint density at radius 3 is 2.67 bits per heavy atom. The van der Waals surface area contributed by atoms with Crippen molar-refractivity contribution in [3.8, 4) is 0 Å². The molecule has 1 heterocycles. The van der Waals surface area contributed by atoms with E-state index in [4.69, 9.17) is 10.2 Å². The molecule has 0 saturated carbocycles. The van der Waals surface area contributed by atoms with Crippen LogP contribution < -0.4 is 5.73 Å². The maximum atomic E-state index is 12.4. The van der Waals surface area contributed by atoms with Gasteiger partial charge in [-0.2, -0.15) is 13.2 Å². The topological polar surface area (TPSA) is 39.2 Å². The lowest BCUT2D eigenvalue weighted by atomic mass is 9.99. The summed E-state index contributed by atoms with van der Waals surface area (Å²) in [4.78, 5) is 0. The summed E-state index contributed by atoms with van der Waals surface area (Å²) in [7, 11) is 0. The molecule has 0 aliphatic heterocycles. The van der Waals surface area contributed by atoms with Crippen LogP contribution in [0, 0.1) is 5.92 Å². The Balaban J connectivity index is 2.87. The van der Waals surface area contributed by atoms with Gasteiger partial charge in [0.2, 0.25) is 0 Å². The molecule has 0 aromatic carbocycles. The fraction of sp³-hybridized carbons (Fsp3) is 0.400. The maximum Gasteiger partial charge on any atom is 0.396 e. The molecule has 0 aliphatic carbocycles. The number of rotatable bonds is 3. The lowest BCUT2D eigenvalue weighted by molar-refractivity contribution is -0.160. The van der Waals surface area contributed by atoms with Crippen molar-refractivity contribution in [1.82, 2.24) is 0 Å². The third-order valence-corrected chi connectivity index (χ3v) is 2.09. The third kappa shape index (κ3) is 3.13. The van der Waals surface area contributed by atoms with Crippen LogP contribution in [0.5, 0.6) is 0 Å². The van der Waals surface area contributed by atoms with E-state index in [9.17, 15) is 13.2 Å². The number of furan rings is 1. The van der Waals surface area contributed by atoms with Crippen LogP contribution in [0.15, 0.2) is 28.4 Å². The normalized spacial score (nSPS) is 15.4. The highest BCUT2D eigenvalue weighted by molar-refractivity contribution is 5.47. The second kappa shape index (κ2) is 4.53. The van der Waals surface area contributed by atoms with Crippen molar-refractivity contribution < 1.29 is 17.6 Å². The zero-order valence-electron chi connectivity index (χ0n) is 8.21. The van der Waals surface area contributed by atoms with Gasteiger partial charge in [0.25, 0.3) is 0 Å². The summed E-state index contributed by atoms with van der Waals surface area (Å²) in [6, 6.07) is 3.21. The molecule has 0 amide bonds. The Labute approximate surface area is 85.6 Å². The molecular weight excluding hydrogens is 207 g/mol. The Kier molecular flexibility index (Phi) is 3.57. The predicted octanol–water partition coefficient (Wildman–Crippen LogP) is 2.82. The van der Waals surface area contributed by atoms with Crippen molar-refractivity contribution in [2.24, 2.45) is 11.7 Å². The average molecular weight is 219 g/mol. The molecule has 1 atom stereocenters. The van der Waals surface area contributed by atoms with Gasteiger partial charge in [-0.25, -0.2) is 0 Å². The lowest BCUT2D eigenvalue weighted by Gasteiger charge is -2.18. The van der Waals surface area contributed by atoms with E-state index in [1.54, 1.807) is 12.1 Å². The molecule has 1 rings (SSSR count). The van der Waals surface area contributed by atoms with Crippen LogP contribution in [-0.4, -0.2) is 12.7 Å². The summed E-state index contributed by atoms with van der Waals surface area (Å²) in [5.74, 6) is -1.21. The molecule has 0 saturated heterocycles. The van der Waals surface area contributed by atoms with Crippen LogP contribution in [0.4, 0.5) is 13.2 Å². The van der Waals surface area contributed by atoms with E-state index < -0.39 is 18.6 Å². The molecule has 15 heavy (non-hydrogen) atoms. The summed E-state index contributed by atoms with van der Waals surface area (Å²) < 4.78 is 42.3. The molecule has 1 aromatic rings. The van der Waals surface area contributed by atoms with E-state index in [2.05, 4.69) is 0 Å². The van der Waals surface area contributed by atoms with Crippen LogP contribution in [0.2, 0.25) is 0 Å². The molecule has 0 fully saturated rings. The monoisotopic (exact) mass is 219 g/mol. The first-order valence-electron chi connectivity index (χ1n) is 4.43. The summed E-state index contributed by atoms with van der Waals surface area (Å²) in [5, 5.41) is 0. The first kappa shape index (κ1) is 11.8. The van der Waals surface area contributed by atoms with E-state index in [1.165, 1.54) is 19.3 Å². The van der Waals surface area contributed by atoms with Gasteiger partial charge in [0.15, 0.2) is 0 Å². The zero-order chi connectivity index (χ0) is 11.5. The molecule has 5 heteroatoms. The molecule has 1 unspecified atom stereocenters. The highest BCUT2D eigenvalue weighted by Crippen LogP contribution is 2.31. The zero-order valence-corrected chi connectivity index (χ0v) is 8.21. The van der Waals surface area contributed by atoms with E-state index in [-0.39, 0.29) is 5.57 Å². The Morgan fingerprint density at radius 1 is 1.60 bits per heavy atom. The van der Waals surface area contributed by atoms with Gasteiger partial charge in [-0.1, -0.05) is 5.57 Å². The van der Waals surface area contributed by atoms with E-state index in [1.807, 2.05) is 0 Å². The Morgan fingerprint density at radius 2 is 2.27 bits per heavy atom. The summed E-state index contributed by atoms with van der Waals surface area (Å²) >= 11 is 0. The van der Waals surface area contributed by atoms with E-state index in [0.717, 1.165) is 0 Å². The number of halogens is 3. The van der Waals surface area contributed by atoms with Gasteiger partial charge in [-0.05, 0) is 25.1 Å². The summed E-state index contributed by atoms with van der Waals surface area (Å²) in [6.07, 6.45) is -1.54. The highest BCUT2D eigenvalue weighted by Gasteiger charge is 2.39. The van der Waals surface area contributed by atoms with E-state index in [0.29, 0.717) is 5.76 Å². The van der Waals surface area contributed by atoms with E-state index >= 15 is 0 Å². The number of hydrogen-bond donors (Lipinski definition) is 1. The van der Waals surface area contributed by atoms with Crippen LogP contribution in [0.25, 0.3) is 6.08 Å². The van der Waals surface area contributed by atoms with Crippen molar-refractivity contribution in [2.45, 2.75) is 13.1 Å². The summed E-state index contributed by atoms with van der Waals surface area (Å²) in [6.45, 7) is 0.945.